The molecule has 0 spiro atoms. The molecule has 156 valence electrons. The van der Waals surface area contributed by atoms with E-state index in [1.165, 1.54) is 24.3 Å². The van der Waals surface area contributed by atoms with Crippen LogP contribution in [0.5, 0.6) is 0 Å². The van der Waals surface area contributed by atoms with Crippen LogP contribution < -0.4 is 10.0 Å². The zero-order valence-electron chi connectivity index (χ0n) is 16.7. The topological polar surface area (TPSA) is 93.1 Å². The fraction of sp³-hybridized carbons (Fsp3) is 0.0435. The van der Waals surface area contributed by atoms with Crippen LogP contribution in [0.4, 0.5) is 11.4 Å². The Bertz CT molecular complexity index is 1320. The van der Waals surface area contributed by atoms with Crippen molar-refractivity contribution in [3.8, 4) is 5.69 Å². The van der Waals surface area contributed by atoms with Gasteiger partial charge in [-0.1, -0.05) is 30.3 Å². The number of anilines is 2. The normalized spacial score (nSPS) is 11.1. The Labute approximate surface area is 180 Å². The number of benzene rings is 3. The Morgan fingerprint density at radius 2 is 1.58 bits per heavy atom. The van der Waals surface area contributed by atoms with Crippen molar-refractivity contribution in [3.05, 3.63) is 103 Å². The Morgan fingerprint density at radius 3 is 2.26 bits per heavy atom. The smallest absolute Gasteiger partial charge is 0.261 e. The maximum Gasteiger partial charge on any atom is 0.261 e. The molecule has 4 aromatic rings. The average Bonchev–Trinajstić information content (AvgIpc) is 3.30. The van der Waals surface area contributed by atoms with Crippen molar-refractivity contribution in [1.29, 1.82) is 0 Å². The lowest BCUT2D eigenvalue weighted by molar-refractivity contribution is 0.102. The molecule has 0 aliphatic heterocycles. The van der Waals surface area contributed by atoms with Gasteiger partial charge in [0.05, 0.1) is 28.3 Å². The molecule has 0 atom stereocenters. The number of hydrogen-bond acceptors (Lipinski definition) is 4. The summed E-state index contributed by atoms with van der Waals surface area (Å²) in [5, 5.41) is 2.87. The highest BCUT2D eigenvalue weighted by Gasteiger charge is 2.16. The number of nitrogens with one attached hydrogen (secondary N) is 2. The van der Waals surface area contributed by atoms with Crippen molar-refractivity contribution in [2.45, 2.75) is 11.8 Å². The third kappa shape index (κ3) is 4.49. The zero-order valence-corrected chi connectivity index (χ0v) is 17.5. The van der Waals surface area contributed by atoms with Gasteiger partial charge in [0.15, 0.2) is 0 Å². The molecule has 3 aromatic carbocycles. The SMILES string of the molecule is Cc1ccccc1NS(=O)(=O)c1ccc(C(=O)Nc2ccccc2-n2ccnc2)cc1. The van der Waals surface area contributed by atoms with Crippen molar-refractivity contribution in [1.82, 2.24) is 9.55 Å². The summed E-state index contributed by atoms with van der Waals surface area (Å²) in [6, 6.07) is 20.3. The van der Waals surface area contributed by atoms with Crippen molar-refractivity contribution < 1.29 is 13.2 Å². The number of amides is 1. The summed E-state index contributed by atoms with van der Waals surface area (Å²) in [6.45, 7) is 1.83. The molecule has 8 heteroatoms. The molecule has 31 heavy (non-hydrogen) atoms. The van der Waals surface area contributed by atoms with Gasteiger partial charge in [-0.25, -0.2) is 13.4 Å². The summed E-state index contributed by atoms with van der Waals surface area (Å²) in [4.78, 5) is 16.8. The van der Waals surface area contributed by atoms with E-state index >= 15 is 0 Å². The third-order valence-corrected chi connectivity index (χ3v) is 6.13. The van der Waals surface area contributed by atoms with Crippen molar-refractivity contribution in [2.24, 2.45) is 0 Å². The number of rotatable bonds is 6. The van der Waals surface area contributed by atoms with E-state index in [1.807, 2.05) is 37.3 Å². The van der Waals surface area contributed by atoms with E-state index in [0.29, 0.717) is 16.9 Å². The number of nitrogens with zero attached hydrogens (tertiary/aromatic N) is 2. The van der Waals surface area contributed by atoms with Gasteiger partial charge in [0.2, 0.25) is 0 Å². The highest BCUT2D eigenvalue weighted by molar-refractivity contribution is 7.92. The number of para-hydroxylation sites is 3. The maximum atomic E-state index is 12.7. The lowest BCUT2D eigenvalue weighted by atomic mass is 10.2. The van der Waals surface area contributed by atoms with Crippen LogP contribution in [0.3, 0.4) is 0 Å². The molecule has 0 bridgehead atoms. The first-order valence-electron chi connectivity index (χ1n) is 9.51. The highest BCUT2D eigenvalue weighted by Crippen LogP contribution is 2.22. The van der Waals surface area contributed by atoms with Gasteiger partial charge in [0.1, 0.15) is 0 Å². The number of carbonyl (C=O) groups is 1. The highest BCUT2D eigenvalue weighted by atomic mass is 32.2. The molecule has 0 saturated carbocycles. The summed E-state index contributed by atoms with van der Waals surface area (Å²) < 4.78 is 29.7. The van der Waals surface area contributed by atoms with Crippen LogP contribution in [-0.4, -0.2) is 23.9 Å². The summed E-state index contributed by atoms with van der Waals surface area (Å²) in [6.07, 6.45) is 5.08. The van der Waals surface area contributed by atoms with E-state index in [0.717, 1.165) is 11.3 Å². The molecule has 0 radical (unpaired) electrons. The van der Waals surface area contributed by atoms with E-state index in [2.05, 4.69) is 15.0 Å². The van der Waals surface area contributed by atoms with Crippen LogP contribution in [0.25, 0.3) is 5.69 Å². The minimum Gasteiger partial charge on any atom is -0.320 e. The van der Waals surface area contributed by atoms with Crippen LogP contribution >= 0.6 is 0 Å². The fourth-order valence-electron chi connectivity index (χ4n) is 3.08. The van der Waals surface area contributed by atoms with Gasteiger partial charge in [-0.2, -0.15) is 0 Å². The van der Waals surface area contributed by atoms with Crippen molar-refractivity contribution in [2.75, 3.05) is 10.0 Å². The minimum atomic E-state index is -3.77. The summed E-state index contributed by atoms with van der Waals surface area (Å²) >= 11 is 0. The second-order valence-corrected chi connectivity index (χ2v) is 8.57. The number of sulfonamides is 1. The van der Waals surface area contributed by atoms with Crippen molar-refractivity contribution >= 4 is 27.3 Å². The van der Waals surface area contributed by atoms with E-state index in [-0.39, 0.29) is 10.8 Å². The molecule has 1 heterocycles. The van der Waals surface area contributed by atoms with E-state index in [9.17, 15) is 13.2 Å². The molecule has 0 saturated heterocycles. The Kier molecular flexibility index (Phi) is 5.55. The zero-order chi connectivity index (χ0) is 21.8. The van der Waals surface area contributed by atoms with Crippen LogP contribution in [0.1, 0.15) is 15.9 Å². The number of carbonyl (C=O) groups excluding carboxylic acids is 1. The van der Waals surface area contributed by atoms with Gasteiger partial charge in [0.25, 0.3) is 15.9 Å². The minimum absolute atomic E-state index is 0.0751. The maximum absolute atomic E-state index is 12.7. The molecule has 4 rings (SSSR count). The van der Waals surface area contributed by atoms with Gasteiger partial charge in [-0.15, -0.1) is 0 Å². The third-order valence-electron chi connectivity index (χ3n) is 4.75. The van der Waals surface area contributed by atoms with E-state index in [1.54, 1.807) is 41.5 Å². The number of aromatic nitrogens is 2. The summed E-state index contributed by atoms with van der Waals surface area (Å²) in [5.74, 6) is -0.344. The molecular formula is C23H20N4O3S. The van der Waals surface area contributed by atoms with Gasteiger partial charge in [0, 0.05) is 18.0 Å². The first-order chi connectivity index (χ1) is 14.9. The predicted molar refractivity (Wildman–Crippen MR) is 120 cm³/mol. The quantitative estimate of drug-likeness (QED) is 0.477. The molecule has 2 N–H and O–H groups in total. The molecule has 1 aromatic heterocycles. The molecular weight excluding hydrogens is 412 g/mol. The van der Waals surface area contributed by atoms with Crippen LogP contribution in [0.2, 0.25) is 0 Å². The Morgan fingerprint density at radius 1 is 0.903 bits per heavy atom. The monoisotopic (exact) mass is 432 g/mol. The lowest BCUT2D eigenvalue weighted by Gasteiger charge is -2.12. The number of imidazole rings is 1. The van der Waals surface area contributed by atoms with Gasteiger partial charge in [-0.05, 0) is 55.0 Å². The van der Waals surface area contributed by atoms with Crippen LogP contribution in [0.15, 0.2) is 96.4 Å². The van der Waals surface area contributed by atoms with E-state index in [4.69, 9.17) is 0 Å². The van der Waals surface area contributed by atoms with Crippen LogP contribution in [-0.2, 0) is 10.0 Å². The molecule has 0 fully saturated rings. The molecule has 0 aliphatic rings. The second kappa shape index (κ2) is 8.45. The summed E-state index contributed by atoms with van der Waals surface area (Å²) in [7, 11) is -3.77. The summed E-state index contributed by atoms with van der Waals surface area (Å²) in [5.41, 5.74) is 3.06. The first kappa shape index (κ1) is 20.4. The Balaban J connectivity index is 1.52. The van der Waals surface area contributed by atoms with Crippen LogP contribution in [0, 0.1) is 6.92 Å². The lowest BCUT2D eigenvalue weighted by Crippen LogP contribution is -2.16. The molecule has 0 unspecified atom stereocenters. The first-order valence-corrected chi connectivity index (χ1v) is 11.0. The standard InChI is InChI=1S/C23H20N4O3S/c1-17-6-2-3-7-20(17)26-31(29,30)19-12-10-18(11-13-19)23(28)25-21-8-4-5-9-22(21)27-15-14-24-16-27/h2-16,26H,1H3,(H,25,28). The fourth-order valence-corrected chi connectivity index (χ4v) is 4.21. The number of aryl methyl sites for hydroxylation is 1. The van der Waals surface area contributed by atoms with Gasteiger partial charge < -0.3 is 9.88 Å². The molecule has 1 amide bonds. The molecule has 0 aliphatic carbocycles. The average molecular weight is 433 g/mol. The molecule has 7 nitrogen and oxygen atoms in total. The number of hydrogen-bond donors (Lipinski definition) is 2. The Hall–Kier alpha value is -3.91. The van der Waals surface area contributed by atoms with Crippen molar-refractivity contribution in [3.63, 3.8) is 0 Å². The largest absolute Gasteiger partial charge is 0.320 e. The predicted octanol–water partition coefficient (Wildman–Crippen LogP) is 4.23. The second-order valence-electron chi connectivity index (χ2n) is 6.89. The van der Waals surface area contributed by atoms with Gasteiger partial charge in [-0.3, -0.25) is 9.52 Å². The van der Waals surface area contributed by atoms with E-state index < -0.39 is 10.0 Å². The van der Waals surface area contributed by atoms with Gasteiger partial charge >= 0.3 is 0 Å².